The highest BCUT2D eigenvalue weighted by Crippen LogP contribution is 2.30. The van der Waals surface area contributed by atoms with E-state index in [-0.39, 0.29) is 0 Å². The van der Waals surface area contributed by atoms with Crippen LogP contribution in [0.25, 0.3) is 0 Å². The fraction of sp³-hybridized carbons (Fsp3) is 0.625. The Balaban J connectivity index is 1.97. The van der Waals surface area contributed by atoms with Crippen molar-refractivity contribution in [2.75, 3.05) is 31.6 Å². The largest absolute Gasteiger partial charge is 0.396 e. The molecule has 0 saturated carbocycles. The number of fused-ring (bicyclic) bond motifs is 1. The zero-order valence-corrected chi connectivity index (χ0v) is 12.2. The number of nitrogens with zero attached hydrogens (tertiary/aromatic N) is 1. The molecule has 2 rings (SSSR count). The van der Waals surface area contributed by atoms with Gasteiger partial charge in [0.1, 0.15) is 0 Å². The van der Waals surface area contributed by atoms with Crippen molar-refractivity contribution in [1.29, 1.82) is 0 Å². The van der Waals surface area contributed by atoms with Gasteiger partial charge < -0.3 is 15.3 Å². The number of anilines is 1. The molecule has 0 radical (unpaired) electrons. The summed E-state index contributed by atoms with van der Waals surface area (Å²) in [6, 6.07) is 7.29. The number of rotatable bonds is 7. The minimum Gasteiger partial charge on any atom is -0.396 e. The maximum absolute atomic E-state index is 8.80. The van der Waals surface area contributed by atoms with Crippen LogP contribution >= 0.6 is 0 Å². The van der Waals surface area contributed by atoms with Crippen molar-refractivity contribution < 1.29 is 5.11 Å². The molecule has 0 spiro atoms. The zero-order chi connectivity index (χ0) is 13.7. The topological polar surface area (TPSA) is 35.5 Å². The molecule has 1 aromatic rings. The van der Waals surface area contributed by atoms with Crippen molar-refractivity contribution in [3.63, 3.8) is 0 Å². The molecule has 0 amide bonds. The van der Waals surface area contributed by atoms with Crippen LogP contribution in [0.1, 0.15) is 43.4 Å². The third kappa shape index (κ3) is 3.48. The molecule has 19 heavy (non-hydrogen) atoms. The summed E-state index contributed by atoms with van der Waals surface area (Å²) in [6.07, 6.45) is 4.39. The van der Waals surface area contributed by atoms with Crippen LogP contribution in [-0.2, 0) is 6.42 Å². The number of benzene rings is 1. The van der Waals surface area contributed by atoms with E-state index in [1.165, 1.54) is 29.7 Å². The first-order valence-electron chi connectivity index (χ1n) is 7.42. The maximum atomic E-state index is 8.80. The molecule has 0 aliphatic carbocycles. The van der Waals surface area contributed by atoms with E-state index < -0.39 is 0 Å². The van der Waals surface area contributed by atoms with E-state index >= 15 is 0 Å². The molecular formula is C16H26N2O. The van der Waals surface area contributed by atoms with Crippen LogP contribution in [-0.4, -0.2) is 31.9 Å². The number of aliphatic hydroxyl groups is 1. The van der Waals surface area contributed by atoms with Crippen LogP contribution < -0.4 is 10.2 Å². The molecule has 3 heteroatoms. The number of aliphatic hydroxyl groups excluding tert-OH is 1. The summed E-state index contributed by atoms with van der Waals surface area (Å²) in [5, 5.41) is 12.1. The third-order valence-corrected chi connectivity index (χ3v) is 4.11. The monoisotopic (exact) mass is 262 g/mol. The van der Waals surface area contributed by atoms with Gasteiger partial charge in [0.25, 0.3) is 0 Å². The van der Waals surface area contributed by atoms with E-state index in [4.69, 9.17) is 5.11 Å². The molecule has 1 heterocycles. The van der Waals surface area contributed by atoms with E-state index in [0.29, 0.717) is 12.6 Å². The van der Waals surface area contributed by atoms with E-state index in [1.807, 2.05) is 7.05 Å². The summed E-state index contributed by atoms with van der Waals surface area (Å²) in [5.41, 5.74) is 4.28. The molecule has 1 atom stereocenters. The normalized spacial score (nSPS) is 15.6. The van der Waals surface area contributed by atoms with Crippen molar-refractivity contribution in [3.05, 3.63) is 29.3 Å². The lowest BCUT2D eigenvalue weighted by molar-refractivity contribution is 0.283. The van der Waals surface area contributed by atoms with E-state index in [1.54, 1.807) is 0 Å². The predicted octanol–water partition coefficient (Wildman–Crippen LogP) is 2.49. The number of nitrogens with one attached hydrogen (secondary N) is 1. The Morgan fingerprint density at radius 3 is 2.89 bits per heavy atom. The van der Waals surface area contributed by atoms with Gasteiger partial charge in [0.2, 0.25) is 0 Å². The van der Waals surface area contributed by atoms with Gasteiger partial charge in [-0.15, -0.1) is 0 Å². The average Bonchev–Trinajstić information content (AvgIpc) is 2.85. The van der Waals surface area contributed by atoms with E-state index in [9.17, 15) is 0 Å². The van der Waals surface area contributed by atoms with Gasteiger partial charge in [-0.2, -0.15) is 0 Å². The van der Waals surface area contributed by atoms with Crippen LogP contribution in [0.4, 0.5) is 5.69 Å². The summed E-state index contributed by atoms with van der Waals surface area (Å²) in [6.45, 7) is 4.78. The molecule has 0 aromatic heterocycles. The van der Waals surface area contributed by atoms with Gasteiger partial charge in [0.15, 0.2) is 0 Å². The Morgan fingerprint density at radius 1 is 1.32 bits per heavy atom. The zero-order valence-electron chi connectivity index (χ0n) is 12.2. The number of hydrogen-bond donors (Lipinski definition) is 2. The second-order valence-corrected chi connectivity index (χ2v) is 5.42. The van der Waals surface area contributed by atoms with Crippen LogP contribution in [0.15, 0.2) is 18.2 Å². The Kier molecular flexibility index (Phi) is 5.23. The highest BCUT2D eigenvalue weighted by molar-refractivity contribution is 5.59. The van der Waals surface area contributed by atoms with Gasteiger partial charge in [0.05, 0.1) is 0 Å². The van der Waals surface area contributed by atoms with Crippen molar-refractivity contribution >= 4 is 5.69 Å². The highest BCUT2D eigenvalue weighted by atomic mass is 16.2. The molecule has 106 valence electrons. The number of hydrogen-bond acceptors (Lipinski definition) is 3. The van der Waals surface area contributed by atoms with Crippen LogP contribution in [0, 0.1) is 0 Å². The van der Waals surface area contributed by atoms with Crippen molar-refractivity contribution in [2.45, 2.75) is 38.6 Å². The van der Waals surface area contributed by atoms with Gasteiger partial charge in [-0.05, 0) is 56.8 Å². The molecule has 0 saturated heterocycles. The number of unbranched alkanes of at least 4 members (excludes halogenated alkanes) is 2. The van der Waals surface area contributed by atoms with E-state index in [0.717, 1.165) is 25.9 Å². The lowest BCUT2D eigenvalue weighted by atomic mass is 10.0. The highest BCUT2D eigenvalue weighted by Gasteiger charge is 2.19. The SMILES string of the molecule is CNC(C)c1ccc2c(c1)CCN2CCCCCO. The van der Waals surface area contributed by atoms with Gasteiger partial charge in [0, 0.05) is 31.4 Å². The predicted molar refractivity (Wildman–Crippen MR) is 80.8 cm³/mol. The summed E-state index contributed by atoms with van der Waals surface area (Å²) < 4.78 is 0. The van der Waals surface area contributed by atoms with Crippen molar-refractivity contribution in [3.8, 4) is 0 Å². The summed E-state index contributed by atoms with van der Waals surface area (Å²) >= 11 is 0. The second-order valence-electron chi connectivity index (χ2n) is 5.42. The van der Waals surface area contributed by atoms with Gasteiger partial charge in [-0.25, -0.2) is 0 Å². The van der Waals surface area contributed by atoms with Gasteiger partial charge in [-0.3, -0.25) is 0 Å². The van der Waals surface area contributed by atoms with Gasteiger partial charge >= 0.3 is 0 Å². The van der Waals surface area contributed by atoms with Crippen molar-refractivity contribution in [2.24, 2.45) is 0 Å². The molecule has 0 bridgehead atoms. The molecule has 2 N–H and O–H groups in total. The molecule has 1 aliphatic rings. The summed E-state index contributed by atoms with van der Waals surface area (Å²) in [7, 11) is 2.01. The maximum Gasteiger partial charge on any atom is 0.0431 e. The molecule has 3 nitrogen and oxygen atoms in total. The first-order chi connectivity index (χ1) is 9.26. The van der Waals surface area contributed by atoms with E-state index in [2.05, 4.69) is 35.3 Å². The van der Waals surface area contributed by atoms with Gasteiger partial charge in [-0.1, -0.05) is 12.1 Å². The quantitative estimate of drug-likeness (QED) is 0.741. The van der Waals surface area contributed by atoms with Crippen molar-refractivity contribution in [1.82, 2.24) is 5.32 Å². The molecule has 1 unspecified atom stereocenters. The van der Waals surface area contributed by atoms with Crippen LogP contribution in [0.2, 0.25) is 0 Å². The molecule has 1 aromatic carbocycles. The average molecular weight is 262 g/mol. The summed E-state index contributed by atoms with van der Waals surface area (Å²) in [4.78, 5) is 2.49. The lowest BCUT2D eigenvalue weighted by Crippen LogP contribution is -2.21. The Hall–Kier alpha value is -1.06. The van der Waals surface area contributed by atoms with Crippen LogP contribution in [0.5, 0.6) is 0 Å². The Bertz CT molecular complexity index is 406. The first kappa shape index (κ1) is 14.4. The Morgan fingerprint density at radius 2 is 2.16 bits per heavy atom. The third-order valence-electron chi connectivity index (χ3n) is 4.11. The smallest absolute Gasteiger partial charge is 0.0431 e. The summed E-state index contributed by atoms with van der Waals surface area (Å²) in [5.74, 6) is 0. The minimum atomic E-state index is 0.321. The molecule has 0 fully saturated rings. The first-order valence-corrected chi connectivity index (χ1v) is 7.42. The standard InChI is InChI=1S/C16H26N2O/c1-13(17-2)14-6-7-16-15(12-14)8-10-18(16)9-4-3-5-11-19/h6-7,12-13,17,19H,3-5,8-11H2,1-2H3. The molecular weight excluding hydrogens is 236 g/mol. The molecule has 1 aliphatic heterocycles. The lowest BCUT2D eigenvalue weighted by Gasteiger charge is -2.20. The minimum absolute atomic E-state index is 0.321. The second kappa shape index (κ2) is 6.92. The fourth-order valence-corrected chi connectivity index (χ4v) is 2.75. The van der Waals surface area contributed by atoms with Crippen LogP contribution in [0.3, 0.4) is 0 Å². The fourth-order valence-electron chi connectivity index (χ4n) is 2.75. The Labute approximate surface area is 116 Å².